The second kappa shape index (κ2) is 8.41. The maximum Gasteiger partial charge on any atom is 0.409 e. The Morgan fingerprint density at radius 3 is 2.77 bits per heavy atom. The first kappa shape index (κ1) is 19.7. The highest BCUT2D eigenvalue weighted by Gasteiger charge is 2.27. The SMILES string of the molecule is CCOC(=O)N1CCN(c2ccnc3c2C=C(c2ncc(OC)cc2C#N)C3)CC1. The van der Waals surface area contributed by atoms with E-state index >= 15 is 0 Å². The highest BCUT2D eigenvalue weighted by molar-refractivity contribution is 5.92. The van der Waals surface area contributed by atoms with Crippen molar-refractivity contribution in [2.75, 3.05) is 44.8 Å². The average Bonchev–Trinajstić information content (AvgIpc) is 3.23. The first-order valence-electron chi connectivity index (χ1n) is 9.94. The summed E-state index contributed by atoms with van der Waals surface area (Å²) in [5.74, 6) is 0.560. The van der Waals surface area contributed by atoms with Gasteiger partial charge in [0.15, 0.2) is 0 Å². The molecular weight excluding hydrogens is 382 g/mol. The largest absolute Gasteiger partial charge is 0.495 e. The molecule has 8 nitrogen and oxygen atoms in total. The van der Waals surface area contributed by atoms with Crippen molar-refractivity contribution in [1.29, 1.82) is 5.26 Å². The Morgan fingerprint density at radius 2 is 2.07 bits per heavy atom. The van der Waals surface area contributed by atoms with E-state index in [2.05, 4.69) is 27.0 Å². The monoisotopic (exact) mass is 405 g/mol. The minimum Gasteiger partial charge on any atom is -0.495 e. The summed E-state index contributed by atoms with van der Waals surface area (Å²) in [6, 6.07) is 5.92. The number of hydrogen-bond acceptors (Lipinski definition) is 7. The quantitative estimate of drug-likeness (QED) is 0.772. The number of nitriles is 1. The molecule has 154 valence electrons. The van der Waals surface area contributed by atoms with Crippen LogP contribution >= 0.6 is 0 Å². The van der Waals surface area contributed by atoms with Crippen LogP contribution in [0.2, 0.25) is 0 Å². The van der Waals surface area contributed by atoms with Gasteiger partial charge < -0.3 is 19.3 Å². The fraction of sp³-hybridized carbons (Fsp3) is 0.364. The number of nitrogens with zero attached hydrogens (tertiary/aromatic N) is 5. The molecule has 2 aromatic heterocycles. The zero-order chi connectivity index (χ0) is 21.1. The van der Waals surface area contributed by atoms with Crippen LogP contribution in [0.3, 0.4) is 0 Å². The van der Waals surface area contributed by atoms with Gasteiger partial charge in [0.2, 0.25) is 0 Å². The number of methoxy groups -OCH3 is 1. The molecule has 0 atom stereocenters. The van der Waals surface area contributed by atoms with Crippen LogP contribution < -0.4 is 9.64 Å². The summed E-state index contributed by atoms with van der Waals surface area (Å²) in [5.41, 5.74) is 5.22. The number of fused-ring (bicyclic) bond motifs is 1. The molecule has 1 fully saturated rings. The minimum absolute atomic E-state index is 0.256. The third-order valence-corrected chi connectivity index (χ3v) is 5.40. The molecule has 0 spiro atoms. The van der Waals surface area contributed by atoms with Crippen molar-refractivity contribution in [2.45, 2.75) is 13.3 Å². The van der Waals surface area contributed by atoms with Gasteiger partial charge >= 0.3 is 6.09 Å². The summed E-state index contributed by atoms with van der Waals surface area (Å²) in [4.78, 5) is 25.0. The molecule has 0 saturated carbocycles. The molecule has 0 radical (unpaired) electrons. The van der Waals surface area contributed by atoms with E-state index in [4.69, 9.17) is 9.47 Å². The zero-order valence-corrected chi connectivity index (χ0v) is 17.1. The zero-order valence-electron chi connectivity index (χ0n) is 17.1. The molecule has 0 bridgehead atoms. The predicted molar refractivity (Wildman–Crippen MR) is 112 cm³/mol. The molecule has 1 amide bonds. The van der Waals surface area contributed by atoms with Crippen LogP contribution in [0.5, 0.6) is 5.75 Å². The van der Waals surface area contributed by atoms with Crippen LogP contribution in [0.1, 0.15) is 29.4 Å². The van der Waals surface area contributed by atoms with Crippen LogP contribution in [0.4, 0.5) is 10.5 Å². The lowest BCUT2D eigenvalue weighted by molar-refractivity contribution is 0.105. The Kier molecular flexibility index (Phi) is 5.53. The average molecular weight is 405 g/mol. The van der Waals surface area contributed by atoms with Crippen molar-refractivity contribution in [2.24, 2.45) is 0 Å². The molecular formula is C22H23N5O3. The van der Waals surface area contributed by atoms with Crippen LogP contribution in [-0.2, 0) is 11.2 Å². The van der Waals surface area contributed by atoms with E-state index < -0.39 is 0 Å². The van der Waals surface area contributed by atoms with Gasteiger partial charge in [0.1, 0.15) is 11.8 Å². The van der Waals surface area contributed by atoms with Gasteiger partial charge in [0.05, 0.1) is 36.9 Å². The third-order valence-electron chi connectivity index (χ3n) is 5.40. The molecule has 1 aliphatic heterocycles. The number of amides is 1. The van der Waals surface area contributed by atoms with Gasteiger partial charge in [-0.25, -0.2) is 4.79 Å². The standard InChI is InChI=1S/C22H23N5O3/c1-3-30-22(28)27-8-6-26(7-9-27)20-4-5-24-19-12-15(11-18(19)20)21-16(13-23)10-17(29-2)14-25-21/h4-5,10-11,14H,3,6-9,12H2,1-2H3. The predicted octanol–water partition coefficient (Wildman–Crippen LogP) is 2.73. The molecule has 0 aromatic carbocycles. The number of carbonyl (C=O) groups is 1. The van der Waals surface area contributed by atoms with Gasteiger partial charge in [-0.05, 0) is 24.6 Å². The Morgan fingerprint density at radius 1 is 1.27 bits per heavy atom. The molecule has 30 heavy (non-hydrogen) atoms. The Balaban J connectivity index is 1.58. The van der Waals surface area contributed by atoms with Gasteiger partial charge in [-0.15, -0.1) is 0 Å². The van der Waals surface area contributed by atoms with Crippen molar-refractivity contribution in [3.05, 3.63) is 47.0 Å². The van der Waals surface area contributed by atoms with E-state index in [0.717, 1.165) is 35.6 Å². The summed E-state index contributed by atoms with van der Waals surface area (Å²) in [7, 11) is 1.56. The van der Waals surface area contributed by atoms with Gasteiger partial charge in [0.25, 0.3) is 0 Å². The number of hydrogen-bond donors (Lipinski definition) is 0. The number of rotatable bonds is 4. The molecule has 1 saturated heterocycles. The Hall–Kier alpha value is -3.60. The van der Waals surface area contributed by atoms with E-state index in [1.165, 1.54) is 0 Å². The first-order chi connectivity index (χ1) is 14.6. The molecule has 1 aliphatic carbocycles. The smallest absolute Gasteiger partial charge is 0.409 e. The first-order valence-corrected chi connectivity index (χ1v) is 9.94. The van der Waals surface area contributed by atoms with Crippen molar-refractivity contribution in [1.82, 2.24) is 14.9 Å². The Labute approximate surface area is 175 Å². The molecule has 8 heteroatoms. The highest BCUT2D eigenvalue weighted by Crippen LogP contribution is 2.37. The van der Waals surface area contributed by atoms with E-state index in [1.54, 1.807) is 24.3 Å². The third kappa shape index (κ3) is 3.66. The molecule has 0 unspecified atom stereocenters. The normalized spacial score (nSPS) is 15.3. The van der Waals surface area contributed by atoms with Crippen molar-refractivity contribution in [3.8, 4) is 11.8 Å². The second-order valence-corrected chi connectivity index (χ2v) is 7.09. The van der Waals surface area contributed by atoms with E-state index in [1.807, 2.05) is 19.2 Å². The topological polar surface area (TPSA) is 91.6 Å². The number of carbonyl (C=O) groups excluding carboxylic acids is 1. The number of anilines is 1. The van der Waals surface area contributed by atoms with Crippen LogP contribution in [0.25, 0.3) is 11.6 Å². The summed E-state index contributed by atoms with van der Waals surface area (Å²) in [6.07, 6.45) is 5.89. The molecule has 2 aromatic rings. The maximum absolute atomic E-state index is 12.0. The fourth-order valence-electron chi connectivity index (χ4n) is 3.88. The highest BCUT2D eigenvalue weighted by atomic mass is 16.6. The maximum atomic E-state index is 12.0. The minimum atomic E-state index is -0.256. The summed E-state index contributed by atoms with van der Waals surface area (Å²) in [6.45, 7) is 4.88. The molecule has 2 aliphatic rings. The van der Waals surface area contributed by atoms with E-state index in [-0.39, 0.29) is 6.09 Å². The summed E-state index contributed by atoms with van der Waals surface area (Å²) < 4.78 is 10.3. The number of piperazine rings is 1. The number of allylic oxidation sites excluding steroid dienone is 1. The summed E-state index contributed by atoms with van der Waals surface area (Å²) in [5, 5.41) is 9.54. The van der Waals surface area contributed by atoms with Crippen LogP contribution in [0.15, 0.2) is 24.5 Å². The Bertz CT molecular complexity index is 1040. The van der Waals surface area contributed by atoms with Crippen molar-refractivity contribution >= 4 is 23.4 Å². The lowest BCUT2D eigenvalue weighted by atomic mass is 10.1. The van der Waals surface area contributed by atoms with Crippen molar-refractivity contribution < 1.29 is 14.3 Å². The van der Waals surface area contributed by atoms with Gasteiger partial charge in [-0.1, -0.05) is 0 Å². The van der Waals surface area contributed by atoms with E-state index in [0.29, 0.717) is 43.1 Å². The molecule has 0 N–H and O–H groups in total. The molecule has 3 heterocycles. The van der Waals surface area contributed by atoms with Gasteiger partial charge in [0, 0.05) is 56.1 Å². The van der Waals surface area contributed by atoms with Crippen molar-refractivity contribution in [3.63, 3.8) is 0 Å². The second-order valence-electron chi connectivity index (χ2n) is 7.09. The number of aromatic nitrogens is 2. The number of ether oxygens (including phenoxy) is 2. The van der Waals surface area contributed by atoms with Crippen LogP contribution in [-0.4, -0.2) is 60.9 Å². The number of pyridine rings is 2. The van der Waals surface area contributed by atoms with E-state index in [9.17, 15) is 10.1 Å². The van der Waals surface area contributed by atoms with Gasteiger partial charge in [-0.2, -0.15) is 5.26 Å². The van der Waals surface area contributed by atoms with Crippen LogP contribution in [0, 0.1) is 11.3 Å². The lowest BCUT2D eigenvalue weighted by Gasteiger charge is -2.36. The fourth-order valence-corrected chi connectivity index (χ4v) is 3.88. The lowest BCUT2D eigenvalue weighted by Crippen LogP contribution is -2.49. The van der Waals surface area contributed by atoms with Gasteiger partial charge in [-0.3, -0.25) is 9.97 Å². The summed E-state index contributed by atoms with van der Waals surface area (Å²) >= 11 is 0. The molecule has 4 rings (SSSR count).